The van der Waals surface area contributed by atoms with E-state index in [0.717, 1.165) is 12.5 Å². The topological polar surface area (TPSA) is 35.2 Å². The average molecular weight is 233 g/mol. The van der Waals surface area contributed by atoms with Crippen molar-refractivity contribution in [1.82, 2.24) is 0 Å². The van der Waals surface area contributed by atoms with Crippen LogP contribution in [0.2, 0.25) is 0 Å². The van der Waals surface area contributed by atoms with Crippen molar-refractivity contribution in [2.45, 2.75) is 38.2 Å². The van der Waals surface area contributed by atoms with Crippen molar-refractivity contribution in [3.05, 3.63) is 35.9 Å². The van der Waals surface area contributed by atoms with E-state index < -0.39 is 0 Å². The fourth-order valence-corrected chi connectivity index (χ4v) is 2.57. The molecule has 1 aliphatic carbocycles. The van der Waals surface area contributed by atoms with Crippen LogP contribution in [0, 0.1) is 5.92 Å². The molecule has 2 N–H and O–H groups in total. The van der Waals surface area contributed by atoms with Gasteiger partial charge in [-0.05, 0) is 24.3 Å². The van der Waals surface area contributed by atoms with Gasteiger partial charge in [0.05, 0.1) is 12.7 Å². The second kappa shape index (κ2) is 6.77. The zero-order chi connectivity index (χ0) is 11.9. The predicted molar refractivity (Wildman–Crippen MR) is 70.8 cm³/mol. The molecule has 0 aromatic heterocycles. The first kappa shape index (κ1) is 12.6. The molecule has 1 aromatic rings. The molecule has 0 amide bonds. The van der Waals surface area contributed by atoms with E-state index in [1.807, 2.05) is 18.2 Å². The smallest absolute Gasteiger partial charge is 0.0947 e. The van der Waals surface area contributed by atoms with E-state index in [9.17, 15) is 0 Å². The lowest BCUT2D eigenvalue weighted by molar-refractivity contribution is 0.0246. The van der Waals surface area contributed by atoms with E-state index in [1.54, 1.807) is 0 Å². The molecule has 94 valence electrons. The molecule has 0 bridgehead atoms. The molecule has 1 unspecified atom stereocenters. The number of ether oxygens (including phenoxy) is 1. The van der Waals surface area contributed by atoms with E-state index in [2.05, 4.69) is 12.1 Å². The number of rotatable bonds is 5. The first-order chi connectivity index (χ1) is 8.40. The van der Waals surface area contributed by atoms with E-state index in [0.29, 0.717) is 6.54 Å². The van der Waals surface area contributed by atoms with Gasteiger partial charge < -0.3 is 10.5 Å². The van der Waals surface area contributed by atoms with Crippen LogP contribution in [-0.4, -0.2) is 13.2 Å². The molecule has 1 saturated carbocycles. The van der Waals surface area contributed by atoms with Crippen LogP contribution in [0.1, 0.15) is 43.8 Å². The summed E-state index contributed by atoms with van der Waals surface area (Å²) in [4.78, 5) is 0. The Bertz CT molecular complexity index is 306. The summed E-state index contributed by atoms with van der Waals surface area (Å²) >= 11 is 0. The highest BCUT2D eigenvalue weighted by Gasteiger charge is 2.16. The van der Waals surface area contributed by atoms with Crippen molar-refractivity contribution in [3.8, 4) is 0 Å². The molecule has 0 heterocycles. The summed E-state index contributed by atoms with van der Waals surface area (Å²) in [5, 5.41) is 0. The molecular weight excluding hydrogens is 210 g/mol. The minimum Gasteiger partial charge on any atom is -0.372 e. The van der Waals surface area contributed by atoms with Gasteiger partial charge in [0.1, 0.15) is 0 Å². The molecule has 2 nitrogen and oxygen atoms in total. The van der Waals surface area contributed by atoms with Gasteiger partial charge in [0.2, 0.25) is 0 Å². The van der Waals surface area contributed by atoms with Crippen LogP contribution in [0.4, 0.5) is 0 Å². The highest BCUT2D eigenvalue weighted by atomic mass is 16.5. The van der Waals surface area contributed by atoms with Gasteiger partial charge in [-0.3, -0.25) is 0 Å². The third-order valence-electron chi connectivity index (χ3n) is 3.64. The van der Waals surface area contributed by atoms with Crippen LogP contribution < -0.4 is 5.73 Å². The summed E-state index contributed by atoms with van der Waals surface area (Å²) in [6.07, 6.45) is 6.85. The summed E-state index contributed by atoms with van der Waals surface area (Å²) in [5.74, 6) is 0.751. The van der Waals surface area contributed by atoms with Gasteiger partial charge >= 0.3 is 0 Å². The Morgan fingerprint density at radius 1 is 1.12 bits per heavy atom. The Morgan fingerprint density at radius 3 is 2.47 bits per heavy atom. The lowest BCUT2D eigenvalue weighted by Gasteiger charge is -2.24. The monoisotopic (exact) mass is 233 g/mol. The van der Waals surface area contributed by atoms with Crippen LogP contribution in [0.15, 0.2) is 30.3 Å². The Hall–Kier alpha value is -0.860. The molecule has 0 aliphatic heterocycles. The fourth-order valence-electron chi connectivity index (χ4n) is 2.57. The molecule has 1 aromatic carbocycles. The molecule has 0 saturated heterocycles. The summed E-state index contributed by atoms with van der Waals surface area (Å²) in [5.41, 5.74) is 7.00. The Labute approximate surface area is 104 Å². The molecule has 1 aliphatic rings. The Balaban J connectivity index is 1.83. The van der Waals surface area contributed by atoms with Crippen LogP contribution >= 0.6 is 0 Å². The molecule has 0 spiro atoms. The minimum atomic E-state index is 0.0677. The second-order valence-electron chi connectivity index (χ2n) is 4.97. The highest BCUT2D eigenvalue weighted by molar-refractivity contribution is 5.17. The van der Waals surface area contributed by atoms with Gasteiger partial charge in [0, 0.05) is 6.54 Å². The summed E-state index contributed by atoms with van der Waals surface area (Å²) in [6.45, 7) is 1.44. The van der Waals surface area contributed by atoms with Gasteiger partial charge in [0.15, 0.2) is 0 Å². The average Bonchev–Trinajstić information content (AvgIpc) is 2.42. The largest absolute Gasteiger partial charge is 0.372 e. The van der Waals surface area contributed by atoms with Crippen molar-refractivity contribution in [2.75, 3.05) is 13.2 Å². The third kappa shape index (κ3) is 3.83. The minimum absolute atomic E-state index is 0.0677. The zero-order valence-corrected chi connectivity index (χ0v) is 10.5. The summed E-state index contributed by atoms with van der Waals surface area (Å²) < 4.78 is 5.99. The van der Waals surface area contributed by atoms with Gasteiger partial charge in [0.25, 0.3) is 0 Å². The SMILES string of the molecule is NCC(OCC1CCCCC1)c1ccccc1. The van der Waals surface area contributed by atoms with Crippen molar-refractivity contribution >= 4 is 0 Å². The van der Waals surface area contributed by atoms with E-state index in [1.165, 1.54) is 37.7 Å². The van der Waals surface area contributed by atoms with Crippen molar-refractivity contribution in [2.24, 2.45) is 11.7 Å². The zero-order valence-electron chi connectivity index (χ0n) is 10.5. The van der Waals surface area contributed by atoms with Crippen LogP contribution in [0.3, 0.4) is 0 Å². The van der Waals surface area contributed by atoms with Gasteiger partial charge in [-0.1, -0.05) is 49.6 Å². The van der Waals surface area contributed by atoms with Crippen molar-refractivity contribution in [1.29, 1.82) is 0 Å². The number of hydrogen-bond acceptors (Lipinski definition) is 2. The predicted octanol–water partition coefficient (Wildman–Crippen LogP) is 3.28. The van der Waals surface area contributed by atoms with E-state index in [4.69, 9.17) is 10.5 Å². The highest BCUT2D eigenvalue weighted by Crippen LogP contribution is 2.26. The molecular formula is C15H23NO. The third-order valence-corrected chi connectivity index (χ3v) is 3.64. The van der Waals surface area contributed by atoms with Crippen molar-refractivity contribution < 1.29 is 4.74 Å². The second-order valence-corrected chi connectivity index (χ2v) is 4.97. The molecule has 17 heavy (non-hydrogen) atoms. The number of hydrogen-bond donors (Lipinski definition) is 1. The van der Waals surface area contributed by atoms with Crippen LogP contribution in [-0.2, 0) is 4.74 Å². The normalized spacial score (nSPS) is 19.1. The molecule has 2 rings (SSSR count). The summed E-state index contributed by atoms with van der Waals surface area (Å²) in [6, 6.07) is 10.3. The van der Waals surface area contributed by atoms with Gasteiger partial charge in [-0.2, -0.15) is 0 Å². The fraction of sp³-hybridized carbons (Fsp3) is 0.600. The van der Waals surface area contributed by atoms with Crippen LogP contribution in [0.5, 0.6) is 0 Å². The maximum Gasteiger partial charge on any atom is 0.0947 e. The number of benzene rings is 1. The van der Waals surface area contributed by atoms with Crippen LogP contribution in [0.25, 0.3) is 0 Å². The first-order valence-corrected chi connectivity index (χ1v) is 6.76. The lowest BCUT2D eigenvalue weighted by atomic mass is 9.90. The number of nitrogens with two attached hydrogens (primary N) is 1. The summed E-state index contributed by atoms with van der Waals surface area (Å²) in [7, 11) is 0. The Morgan fingerprint density at radius 2 is 1.82 bits per heavy atom. The van der Waals surface area contributed by atoms with Crippen molar-refractivity contribution in [3.63, 3.8) is 0 Å². The maximum absolute atomic E-state index is 5.99. The quantitative estimate of drug-likeness (QED) is 0.847. The van der Waals surface area contributed by atoms with Gasteiger partial charge in [-0.15, -0.1) is 0 Å². The molecule has 0 radical (unpaired) electrons. The van der Waals surface area contributed by atoms with E-state index in [-0.39, 0.29) is 6.10 Å². The molecule has 2 heteroatoms. The molecule has 1 atom stereocenters. The maximum atomic E-state index is 5.99. The standard InChI is InChI=1S/C15H23NO/c16-11-15(14-9-5-2-6-10-14)17-12-13-7-3-1-4-8-13/h2,5-6,9-10,13,15H,1,3-4,7-8,11-12,16H2. The van der Waals surface area contributed by atoms with E-state index >= 15 is 0 Å². The Kier molecular flexibility index (Phi) is 5.02. The lowest BCUT2D eigenvalue weighted by Crippen LogP contribution is -2.20. The first-order valence-electron chi connectivity index (χ1n) is 6.76. The molecule has 1 fully saturated rings. The van der Waals surface area contributed by atoms with Gasteiger partial charge in [-0.25, -0.2) is 0 Å².